The van der Waals surface area contributed by atoms with Gasteiger partial charge in [-0.15, -0.1) is 0 Å². The zero-order valence-electron chi connectivity index (χ0n) is 19.4. The molecular weight excluding hydrogens is 380 g/mol. The zero-order chi connectivity index (χ0) is 22.0. The lowest BCUT2D eigenvalue weighted by atomic mass is 9.65. The second-order valence-electron chi connectivity index (χ2n) is 10.0. The first kappa shape index (κ1) is 21.5. The molecule has 3 aromatic rings. The summed E-state index contributed by atoms with van der Waals surface area (Å²) in [5.41, 5.74) is 4.06. The van der Waals surface area contributed by atoms with Crippen LogP contribution < -0.4 is 9.47 Å². The molecule has 3 aromatic carbocycles. The SMILES string of the molecule is Cc1ccc(Oc2ccc(Oc3ccc(C)cc3)c(C3CC(C)(C)CCC3C)c2)cc1. The lowest BCUT2D eigenvalue weighted by molar-refractivity contribution is 0.170. The second-order valence-corrected chi connectivity index (χ2v) is 10.0. The highest BCUT2D eigenvalue weighted by Gasteiger charge is 2.35. The molecule has 4 rings (SSSR count). The molecule has 2 nitrogen and oxygen atoms in total. The molecule has 0 bridgehead atoms. The van der Waals surface area contributed by atoms with Gasteiger partial charge in [0.05, 0.1) is 0 Å². The third-order valence-electron chi connectivity index (χ3n) is 6.62. The maximum atomic E-state index is 6.40. The van der Waals surface area contributed by atoms with Crippen molar-refractivity contribution in [1.29, 1.82) is 0 Å². The molecule has 0 radical (unpaired) electrons. The van der Waals surface area contributed by atoms with Crippen LogP contribution in [0.25, 0.3) is 0 Å². The predicted molar refractivity (Wildman–Crippen MR) is 128 cm³/mol. The molecule has 0 aromatic heterocycles. The van der Waals surface area contributed by atoms with E-state index >= 15 is 0 Å². The lowest BCUT2D eigenvalue weighted by Crippen LogP contribution is -2.27. The third-order valence-corrected chi connectivity index (χ3v) is 6.62. The van der Waals surface area contributed by atoms with Crippen molar-refractivity contribution in [1.82, 2.24) is 0 Å². The summed E-state index contributed by atoms with van der Waals surface area (Å²) in [6.45, 7) is 11.3. The van der Waals surface area contributed by atoms with Crippen LogP contribution in [0.2, 0.25) is 0 Å². The topological polar surface area (TPSA) is 18.5 Å². The average Bonchev–Trinajstić information content (AvgIpc) is 2.74. The van der Waals surface area contributed by atoms with Crippen LogP contribution in [0.4, 0.5) is 0 Å². The Morgan fingerprint density at radius 2 is 1.29 bits per heavy atom. The molecule has 1 fully saturated rings. The molecule has 1 saturated carbocycles. The van der Waals surface area contributed by atoms with Gasteiger partial charge in [-0.25, -0.2) is 0 Å². The van der Waals surface area contributed by atoms with Crippen LogP contribution in [0.15, 0.2) is 66.7 Å². The minimum absolute atomic E-state index is 0.339. The summed E-state index contributed by atoms with van der Waals surface area (Å²) >= 11 is 0. The molecule has 0 heterocycles. The zero-order valence-corrected chi connectivity index (χ0v) is 19.4. The van der Waals surface area contributed by atoms with Crippen molar-refractivity contribution in [2.75, 3.05) is 0 Å². The first-order valence-electron chi connectivity index (χ1n) is 11.4. The number of ether oxygens (including phenoxy) is 2. The predicted octanol–water partition coefficient (Wildman–Crippen LogP) is 8.82. The molecule has 2 unspecified atom stereocenters. The summed E-state index contributed by atoms with van der Waals surface area (Å²) in [6.07, 6.45) is 3.68. The molecule has 2 atom stereocenters. The Balaban J connectivity index is 1.69. The minimum Gasteiger partial charge on any atom is -0.457 e. The van der Waals surface area contributed by atoms with Crippen molar-refractivity contribution >= 4 is 0 Å². The van der Waals surface area contributed by atoms with Crippen molar-refractivity contribution < 1.29 is 9.47 Å². The summed E-state index contributed by atoms with van der Waals surface area (Å²) in [7, 11) is 0. The van der Waals surface area contributed by atoms with Gasteiger partial charge >= 0.3 is 0 Å². The van der Waals surface area contributed by atoms with E-state index in [-0.39, 0.29) is 0 Å². The number of benzene rings is 3. The first-order valence-corrected chi connectivity index (χ1v) is 11.4. The van der Waals surface area contributed by atoms with Crippen molar-refractivity contribution in [2.45, 2.75) is 59.8 Å². The van der Waals surface area contributed by atoms with Crippen LogP contribution in [0.1, 0.15) is 62.6 Å². The average molecular weight is 415 g/mol. The summed E-state index contributed by atoms with van der Waals surface area (Å²) < 4.78 is 12.6. The maximum absolute atomic E-state index is 6.40. The van der Waals surface area contributed by atoms with Crippen LogP contribution in [0.5, 0.6) is 23.0 Å². The summed E-state index contributed by atoms with van der Waals surface area (Å²) in [5.74, 6) is 4.61. The van der Waals surface area contributed by atoms with Gasteiger partial charge < -0.3 is 9.47 Å². The van der Waals surface area contributed by atoms with E-state index in [1.54, 1.807) is 0 Å². The fourth-order valence-corrected chi connectivity index (χ4v) is 4.58. The first-order chi connectivity index (χ1) is 14.8. The Kier molecular flexibility index (Phi) is 6.09. The monoisotopic (exact) mass is 414 g/mol. The normalized spacial score (nSPS) is 20.3. The number of aryl methyl sites for hydroxylation is 2. The Morgan fingerprint density at radius 3 is 1.90 bits per heavy atom. The van der Waals surface area contributed by atoms with Crippen LogP contribution in [-0.4, -0.2) is 0 Å². The highest BCUT2D eigenvalue weighted by atomic mass is 16.5. The highest BCUT2D eigenvalue weighted by Crippen LogP contribution is 2.49. The molecular formula is C29H34O2. The van der Waals surface area contributed by atoms with Gasteiger partial charge in [0.15, 0.2) is 0 Å². The Bertz CT molecular complexity index is 1020. The molecule has 0 saturated heterocycles. The van der Waals surface area contributed by atoms with Gasteiger partial charge in [0, 0.05) is 5.56 Å². The largest absolute Gasteiger partial charge is 0.457 e. The Morgan fingerprint density at radius 1 is 0.742 bits per heavy atom. The van der Waals surface area contributed by atoms with Crippen molar-refractivity contribution in [3.63, 3.8) is 0 Å². The van der Waals surface area contributed by atoms with E-state index in [2.05, 4.69) is 71.0 Å². The van der Waals surface area contributed by atoms with E-state index in [4.69, 9.17) is 9.47 Å². The molecule has 0 amide bonds. The smallest absolute Gasteiger partial charge is 0.131 e. The standard InChI is InChI=1S/C29H34O2/c1-20-6-10-23(11-7-20)30-25-14-15-28(31-24-12-8-21(2)9-13-24)26(18-25)27-19-29(4,5)17-16-22(27)3/h6-15,18,22,27H,16-17,19H2,1-5H3. The van der Waals surface area contributed by atoms with Gasteiger partial charge in [-0.05, 0) is 92.8 Å². The lowest BCUT2D eigenvalue weighted by Gasteiger charge is -2.40. The Hall–Kier alpha value is -2.74. The summed E-state index contributed by atoms with van der Waals surface area (Å²) in [6, 6.07) is 22.8. The van der Waals surface area contributed by atoms with Crippen LogP contribution >= 0.6 is 0 Å². The van der Waals surface area contributed by atoms with Crippen molar-refractivity contribution in [2.24, 2.45) is 11.3 Å². The van der Waals surface area contributed by atoms with Gasteiger partial charge in [-0.1, -0.05) is 56.2 Å². The molecule has 162 valence electrons. The van der Waals surface area contributed by atoms with Gasteiger partial charge in [-0.3, -0.25) is 0 Å². The minimum atomic E-state index is 0.339. The van der Waals surface area contributed by atoms with E-state index in [1.165, 1.54) is 29.5 Å². The third kappa shape index (κ3) is 5.31. The van der Waals surface area contributed by atoms with Gasteiger partial charge in [0.25, 0.3) is 0 Å². The molecule has 31 heavy (non-hydrogen) atoms. The van der Waals surface area contributed by atoms with E-state index in [0.717, 1.165) is 29.4 Å². The molecule has 1 aliphatic carbocycles. The maximum Gasteiger partial charge on any atom is 0.131 e. The molecule has 2 heteroatoms. The molecule has 0 aliphatic heterocycles. The molecule has 1 aliphatic rings. The van der Waals surface area contributed by atoms with Crippen molar-refractivity contribution in [3.05, 3.63) is 83.4 Å². The quantitative estimate of drug-likeness (QED) is 0.415. The highest BCUT2D eigenvalue weighted by molar-refractivity contribution is 5.47. The van der Waals surface area contributed by atoms with Crippen LogP contribution in [0, 0.1) is 25.2 Å². The number of hydrogen-bond acceptors (Lipinski definition) is 2. The number of rotatable bonds is 5. The summed E-state index contributed by atoms with van der Waals surface area (Å²) in [5, 5.41) is 0. The molecule has 0 spiro atoms. The van der Waals surface area contributed by atoms with Gasteiger partial charge in [-0.2, -0.15) is 0 Å². The van der Waals surface area contributed by atoms with Crippen LogP contribution in [-0.2, 0) is 0 Å². The van der Waals surface area contributed by atoms with E-state index < -0.39 is 0 Å². The fourth-order valence-electron chi connectivity index (χ4n) is 4.58. The van der Waals surface area contributed by atoms with Crippen molar-refractivity contribution in [3.8, 4) is 23.0 Å². The van der Waals surface area contributed by atoms with E-state index in [9.17, 15) is 0 Å². The van der Waals surface area contributed by atoms with Gasteiger partial charge in [0.2, 0.25) is 0 Å². The fraction of sp³-hybridized carbons (Fsp3) is 0.379. The number of hydrogen-bond donors (Lipinski definition) is 0. The second kappa shape index (κ2) is 8.78. The van der Waals surface area contributed by atoms with E-state index in [1.807, 2.05) is 30.3 Å². The Labute approximate surface area is 187 Å². The summed E-state index contributed by atoms with van der Waals surface area (Å²) in [4.78, 5) is 0. The molecule has 0 N–H and O–H groups in total. The van der Waals surface area contributed by atoms with Crippen LogP contribution in [0.3, 0.4) is 0 Å². The van der Waals surface area contributed by atoms with Gasteiger partial charge in [0.1, 0.15) is 23.0 Å². The van der Waals surface area contributed by atoms with E-state index in [0.29, 0.717) is 17.3 Å².